The molecule has 31 heavy (non-hydrogen) atoms. The molecule has 2 rings (SSSR count). The number of phosphoric ester groups is 1. The van der Waals surface area contributed by atoms with Gasteiger partial charge in [0.05, 0.1) is 24.9 Å². The fourth-order valence-electron chi connectivity index (χ4n) is 3.21. The van der Waals surface area contributed by atoms with E-state index in [4.69, 9.17) is 32.2 Å². The SMILES string of the molecule is CC[C@H]1OCCC1O[P@@](=O)(OCOC(C)=O)OC[C@H]1OCCC1O[Si](C)(C)C(C)(C)C. The normalized spacial score (nSPS) is 29.1. The minimum atomic E-state index is -4.02. The third-order valence-electron chi connectivity index (χ3n) is 6.09. The van der Waals surface area contributed by atoms with E-state index in [0.29, 0.717) is 26.1 Å². The summed E-state index contributed by atoms with van der Waals surface area (Å²) in [6.45, 7) is 14.6. The minimum Gasteiger partial charge on any atom is -0.438 e. The molecule has 0 saturated carbocycles. The average Bonchev–Trinajstić information content (AvgIpc) is 3.27. The van der Waals surface area contributed by atoms with Crippen molar-refractivity contribution in [2.75, 3.05) is 26.6 Å². The van der Waals surface area contributed by atoms with E-state index in [1.54, 1.807) is 0 Å². The molecule has 0 aromatic carbocycles. The Morgan fingerprint density at radius 3 is 2.26 bits per heavy atom. The summed E-state index contributed by atoms with van der Waals surface area (Å²) in [5.41, 5.74) is 0. The summed E-state index contributed by atoms with van der Waals surface area (Å²) in [6, 6.07) is 0. The first-order chi connectivity index (χ1) is 14.4. The number of ether oxygens (including phenoxy) is 3. The quantitative estimate of drug-likeness (QED) is 0.183. The number of esters is 1. The van der Waals surface area contributed by atoms with Crippen LogP contribution in [0.4, 0.5) is 0 Å². The van der Waals surface area contributed by atoms with Gasteiger partial charge in [-0.2, -0.15) is 0 Å². The lowest BCUT2D eigenvalue weighted by Crippen LogP contribution is -2.46. The number of hydrogen-bond donors (Lipinski definition) is 0. The van der Waals surface area contributed by atoms with E-state index in [1.165, 1.54) is 6.92 Å². The van der Waals surface area contributed by atoms with E-state index in [1.807, 2.05) is 6.92 Å². The highest BCUT2D eigenvalue weighted by atomic mass is 31.2. The molecule has 182 valence electrons. The number of hydrogen-bond acceptors (Lipinski definition) is 9. The van der Waals surface area contributed by atoms with Crippen LogP contribution in [0.2, 0.25) is 18.1 Å². The molecular formula is C20H39O9PSi. The second-order valence-electron chi connectivity index (χ2n) is 9.49. The molecule has 11 heteroatoms. The highest BCUT2D eigenvalue weighted by molar-refractivity contribution is 7.48. The largest absolute Gasteiger partial charge is 0.478 e. The van der Waals surface area contributed by atoms with Gasteiger partial charge in [-0.05, 0) is 31.0 Å². The van der Waals surface area contributed by atoms with E-state index >= 15 is 0 Å². The number of phosphoric acid groups is 1. The first-order valence-electron chi connectivity index (χ1n) is 11.0. The van der Waals surface area contributed by atoms with Gasteiger partial charge >= 0.3 is 13.8 Å². The fraction of sp³-hybridized carbons (Fsp3) is 0.950. The van der Waals surface area contributed by atoms with Crippen LogP contribution < -0.4 is 0 Å². The van der Waals surface area contributed by atoms with Gasteiger partial charge in [0.15, 0.2) is 8.32 Å². The molecule has 0 amide bonds. The van der Waals surface area contributed by atoms with Crippen molar-refractivity contribution in [2.45, 2.75) is 96.4 Å². The molecule has 0 aromatic rings. The predicted molar refractivity (Wildman–Crippen MR) is 117 cm³/mol. The molecule has 9 nitrogen and oxygen atoms in total. The summed E-state index contributed by atoms with van der Waals surface area (Å²) >= 11 is 0. The Kier molecular flexibility index (Phi) is 9.73. The van der Waals surface area contributed by atoms with Crippen LogP contribution in [0.25, 0.3) is 0 Å². The van der Waals surface area contributed by atoms with Gasteiger partial charge in [-0.1, -0.05) is 27.7 Å². The Bertz CT molecular complexity index is 637. The average molecular weight is 483 g/mol. The molecule has 2 saturated heterocycles. The lowest BCUT2D eigenvalue weighted by Gasteiger charge is -2.39. The second kappa shape index (κ2) is 11.2. The first kappa shape index (κ1) is 26.9. The summed E-state index contributed by atoms with van der Waals surface area (Å²) in [7, 11) is -6.02. The molecule has 0 N–H and O–H groups in total. The van der Waals surface area contributed by atoms with E-state index in [0.717, 1.165) is 6.42 Å². The molecule has 2 heterocycles. The Balaban J connectivity index is 2.02. The van der Waals surface area contributed by atoms with Gasteiger partial charge in [0.25, 0.3) is 0 Å². The summed E-state index contributed by atoms with van der Waals surface area (Å²) < 4.78 is 52.7. The number of carbonyl (C=O) groups is 1. The van der Waals surface area contributed by atoms with Crippen LogP contribution in [0.1, 0.15) is 53.9 Å². The summed E-state index contributed by atoms with van der Waals surface area (Å²) in [6.07, 6.45) is 0.895. The van der Waals surface area contributed by atoms with Gasteiger partial charge in [-0.3, -0.25) is 13.8 Å². The van der Waals surface area contributed by atoms with Crippen LogP contribution in [0.5, 0.6) is 0 Å². The summed E-state index contributed by atoms with van der Waals surface area (Å²) in [4.78, 5) is 11.1. The monoisotopic (exact) mass is 482 g/mol. The predicted octanol–water partition coefficient (Wildman–Crippen LogP) is 4.41. The smallest absolute Gasteiger partial charge is 0.438 e. The van der Waals surface area contributed by atoms with Crippen molar-refractivity contribution in [1.82, 2.24) is 0 Å². The van der Waals surface area contributed by atoms with E-state index in [2.05, 4.69) is 33.9 Å². The lowest BCUT2D eigenvalue weighted by molar-refractivity contribution is -0.148. The third kappa shape index (κ3) is 7.89. The molecule has 0 aromatic heterocycles. The van der Waals surface area contributed by atoms with Crippen molar-refractivity contribution in [3.05, 3.63) is 0 Å². The van der Waals surface area contributed by atoms with Gasteiger partial charge in [-0.25, -0.2) is 9.09 Å². The molecule has 0 bridgehead atoms. The summed E-state index contributed by atoms with van der Waals surface area (Å²) in [5, 5.41) is 0.0597. The standard InChI is InChI=1S/C20H39O9PSi/c1-8-16-17(9-11-23-16)28-30(22,27-14-25-15(2)21)26-13-19-18(10-12-24-19)29-31(6,7)20(3,4)5/h16-19H,8-14H2,1-7H3/t16-,17?,18?,19-,30-/m1/s1. The Morgan fingerprint density at radius 1 is 1.06 bits per heavy atom. The molecule has 0 radical (unpaired) electrons. The van der Waals surface area contributed by atoms with Crippen LogP contribution in [0.15, 0.2) is 0 Å². The Hall–Kier alpha value is -0.323. The van der Waals surface area contributed by atoms with E-state index in [9.17, 15) is 9.36 Å². The van der Waals surface area contributed by atoms with Crippen molar-refractivity contribution in [2.24, 2.45) is 0 Å². The highest BCUT2D eigenvalue weighted by Gasteiger charge is 2.44. The molecule has 2 unspecified atom stereocenters. The molecule has 0 aliphatic carbocycles. The van der Waals surface area contributed by atoms with Crippen molar-refractivity contribution in [3.63, 3.8) is 0 Å². The Labute approximate surface area is 187 Å². The molecule has 0 spiro atoms. The van der Waals surface area contributed by atoms with Crippen LogP contribution in [0, 0.1) is 0 Å². The molecule has 2 aliphatic rings. The summed E-state index contributed by atoms with van der Waals surface area (Å²) in [5.74, 6) is -0.552. The van der Waals surface area contributed by atoms with Crippen molar-refractivity contribution in [3.8, 4) is 0 Å². The minimum absolute atomic E-state index is 0.0129. The van der Waals surface area contributed by atoms with Gasteiger partial charge in [-0.15, -0.1) is 0 Å². The maximum atomic E-state index is 13.3. The van der Waals surface area contributed by atoms with Crippen LogP contribution in [0.3, 0.4) is 0 Å². The zero-order valence-corrected chi connectivity index (χ0v) is 21.8. The van der Waals surface area contributed by atoms with Gasteiger partial charge < -0.3 is 18.6 Å². The first-order valence-corrected chi connectivity index (χ1v) is 15.4. The van der Waals surface area contributed by atoms with Crippen LogP contribution >= 0.6 is 7.82 Å². The van der Waals surface area contributed by atoms with Crippen LogP contribution in [-0.4, -0.2) is 65.3 Å². The maximum absolute atomic E-state index is 13.3. The molecule has 2 aliphatic heterocycles. The molecular weight excluding hydrogens is 443 g/mol. The number of carbonyl (C=O) groups excluding carboxylic acids is 1. The van der Waals surface area contributed by atoms with E-state index in [-0.39, 0.29) is 30.0 Å². The molecule has 2 fully saturated rings. The van der Waals surface area contributed by atoms with Crippen molar-refractivity contribution < 1.29 is 41.6 Å². The number of rotatable bonds is 11. The second-order valence-corrected chi connectivity index (χ2v) is 15.9. The topological polar surface area (TPSA) is 98.8 Å². The zero-order chi connectivity index (χ0) is 23.3. The van der Waals surface area contributed by atoms with Crippen LogP contribution in [-0.2, 0) is 41.6 Å². The zero-order valence-electron chi connectivity index (χ0n) is 19.9. The van der Waals surface area contributed by atoms with Crippen molar-refractivity contribution >= 4 is 22.1 Å². The fourth-order valence-corrected chi connectivity index (χ4v) is 5.87. The highest BCUT2D eigenvalue weighted by Crippen LogP contribution is 2.52. The van der Waals surface area contributed by atoms with Gasteiger partial charge in [0.1, 0.15) is 6.10 Å². The lowest BCUT2D eigenvalue weighted by atomic mass is 10.1. The van der Waals surface area contributed by atoms with E-state index < -0.39 is 35.0 Å². The van der Waals surface area contributed by atoms with Gasteiger partial charge in [0.2, 0.25) is 6.79 Å². The maximum Gasteiger partial charge on any atom is 0.478 e. The third-order valence-corrected chi connectivity index (χ3v) is 12.0. The Morgan fingerprint density at radius 2 is 1.68 bits per heavy atom. The molecule has 5 atom stereocenters. The van der Waals surface area contributed by atoms with Crippen molar-refractivity contribution in [1.29, 1.82) is 0 Å². The van der Waals surface area contributed by atoms with Gasteiger partial charge in [0, 0.05) is 26.6 Å².